The van der Waals surface area contributed by atoms with E-state index in [-0.39, 0.29) is 6.61 Å². The number of pyridine rings is 1. The van der Waals surface area contributed by atoms with Crippen molar-refractivity contribution in [3.8, 4) is 11.6 Å². The van der Waals surface area contributed by atoms with Crippen LogP contribution >= 0.6 is 11.6 Å². The number of benzene rings is 1. The van der Waals surface area contributed by atoms with Crippen LogP contribution in [-0.4, -0.2) is 16.7 Å². The van der Waals surface area contributed by atoms with Crippen molar-refractivity contribution in [1.82, 2.24) is 4.98 Å². The van der Waals surface area contributed by atoms with E-state index >= 15 is 0 Å². The van der Waals surface area contributed by atoms with Crippen LogP contribution in [0.3, 0.4) is 0 Å². The summed E-state index contributed by atoms with van der Waals surface area (Å²) in [5, 5.41) is 9.45. The molecule has 0 bridgehead atoms. The number of nitrogens with zero attached hydrogens (tertiary/aromatic N) is 1. The zero-order chi connectivity index (χ0) is 13.0. The third-order valence-corrected chi connectivity index (χ3v) is 2.61. The molecule has 0 fully saturated rings. The van der Waals surface area contributed by atoms with Crippen LogP contribution in [0.4, 0.5) is 5.69 Å². The van der Waals surface area contributed by atoms with Gasteiger partial charge in [0.2, 0.25) is 5.88 Å². The lowest BCUT2D eigenvalue weighted by Gasteiger charge is -2.11. The lowest BCUT2D eigenvalue weighted by Crippen LogP contribution is -1.98. The van der Waals surface area contributed by atoms with Gasteiger partial charge in [0.15, 0.2) is 0 Å². The summed E-state index contributed by atoms with van der Waals surface area (Å²) in [6.07, 6.45) is 1.99. The molecule has 0 saturated carbocycles. The monoisotopic (exact) mass is 264 g/mol. The Hall–Kier alpha value is -1.78. The van der Waals surface area contributed by atoms with Crippen LogP contribution in [0.5, 0.6) is 11.6 Å². The van der Waals surface area contributed by atoms with Gasteiger partial charge in [0.25, 0.3) is 0 Å². The topological polar surface area (TPSA) is 68.4 Å². The predicted molar refractivity (Wildman–Crippen MR) is 71.0 cm³/mol. The molecule has 5 heteroatoms. The molecule has 0 aliphatic rings. The van der Waals surface area contributed by atoms with E-state index < -0.39 is 0 Å². The molecule has 94 valence electrons. The quantitative estimate of drug-likeness (QED) is 0.891. The number of aromatic nitrogens is 1. The summed E-state index contributed by atoms with van der Waals surface area (Å²) in [4.78, 5) is 4.03. The molecule has 3 N–H and O–H groups in total. The zero-order valence-electron chi connectivity index (χ0n) is 9.64. The van der Waals surface area contributed by atoms with Gasteiger partial charge in [0.05, 0.1) is 10.7 Å². The van der Waals surface area contributed by atoms with Gasteiger partial charge in [-0.1, -0.05) is 29.8 Å². The molecule has 0 aliphatic heterocycles. The van der Waals surface area contributed by atoms with Gasteiger partial charge in [-0.15, -0.1) is 0 Å². The second-order valence-corrected chi connectivity index (χ2v) is 4.17. The first-order chi connectivity index (χ1) is 8.70. The van der Waals surface area contributed by atoms with Crippen LogP contribution in [0.2, 0.25) is 5.02 Å². The van der Waals surface area contributed by atoms with Crippen molar-refractivity contribution in [2.75, 3.05) is 12.3 Å². The maximum Gasteiger partial charge on any atom is 0.242 e. The summed E-state index contributed by atoms with van der Waals surface area (Å²) in [7, 11) is 0. The molecule has 0 aliphatic carbocycles. The smallest absolute Gasteiger partial charge is 0.242 e. The lowest BCUT2D eigenvalue weighted by molar-refractivity contribution is 0.297. The van der Waals surface area contributed by atoms with Crippen molar-refractivity contribution in [3.63, 3.8) is 0 Å². The fourth-order valence-electron chi connectivity index (χ4n) is 1.56. The fraction of sp³-hybridized carbons (Fsp3) is 0.154. The van der Waals surface area contributed by atoms with Crippen LogP contribution in [0, 0.1) is 0 Å². The molecule has 4 nitrogen and oxygen atoms in total. The Morgan fingerprint density at radius 2 is 2.11 bits per heavy atom. The first kappa shape index (κ1) is 12.7. The largest absolute Gasteiger partial charge is 0.437 e. The van der Waals surface area contributed by atoms with Crippen LogP contribution in [-0.2, 0) is 6.42 Å². The van der Waals surface area contributed by atoms with E-state index in [2.05, 4.69) is 4.98 Å². The Morgan fingerprint density at radius 1 is 1.33 bits per heavy atom. The molecule has 1 aromatic heterocycles. The molecule has 0 amide bonds. The summed E-state index contributed by atoms with van der Waals surface area (Å²) >= 11 is 5.77. The summed E-state index contributed by atoms with van der Waals surface area (Å²) < 4.78 is 5.64. The van der Waals surface area contributed by atoms with Crippen LogP contribution in [0.25, 0.3) is 0 Å². The van der Waals surface area contributed by atoms with Gasteiger partial charge in [0.1, 0.15) is 5.75 Å². The normalized spacial score (nSPS) is 10.3. The summed E-state index contributed by atoms with van der Waals surface area (Å²) in [5.74, 6) is 0.942. The van der Waals surface area contributed by atoms with Gasteiger partial charge in [-0.3, -0.25) is 0 Å². The predicted octanol–water partition coefficient (Wildman–Crippen LogP) is 2.64. The Morgan fingerprint density at radius 3 is 2.83 bits per heavy atom. The molecule has 18 heavy (non-hydrogen) atoms. The first-order valence-electron chi connectivity index (χ1n) is 5.48. The van der Waals surface area contributed by atoms with E-state index in [1.807, 2.05) is 18.2 Å². The Kier molecular flexibility index (Phi) is 4.02. The number of hydrogen-bond donors (Lipinski definition) is 2. The standard InChI is InChI=1S/C13H13ClN2O2/c14-10-7-11(15)13(16-8-10)18-12-4-2-1-3-9(12)5-6-17/h1-4,7-8,17H,5-6,15H2. The van der Waals surface area contributed by atoms with Crippen molar-refractivity contribution in [2.24, 2.45) is 0 Å². The Balaban J connectivity index is 2.28. The zero-order valence-corrected chi connectivity index (χ0v) is 10.4. The molecule has 1 aromatic carbocycles. The first-order valence-corrected chi connectivity index (χ1v) is 5.86. The number of rotatable bonds is 4. The number of halogens is 1. The minimum atomic E-state index is 0.0594. The van der Waals surface area contributed by atoms with E-state index in [4.69, 9.17) is 27.2 Å². The second kappa shape index (κ2) is 5.71. The molecule has 0 atom stereocenters. The summed E-state index contributed by atoms with van der Waals surface area (Å²) in [5.41, 5.74) is 7.05. The van der Waals surface area contributed by atoms with Crippen LogP contribution in [0.15, 0.2) is 36.5 Å². The second-order valence-electron chi connectivity index (χ2n) is 3.73. The van der Waals surface area contributed by atoms with Crippen molar-refractivity contribution < 1.29 is 9.84 Å². The molecular weight excluding hydrogens is 252 g/mol. The Labute approximate surface area is 110 Å². The lowest BCUT2D eigenvalue weighted by atomic mass is 10.1. The third-order valence-electron chi connectivity index (χ3n) is 2.41. The molecule has 0 saturated heterocycles. The van der Waals surface area contributed by atoms with Gasteiger partial charge < -0.3 is 15.6 Å². The van der Waals surface area contributed by atoms with Gasteiger partial charge in [-0.25, -0.2) is 4.98 Å². The van der Waals surface area contributed by atoms with E-state index in [0.717, 1.165) is 5.56 Å². The van der Waals surface area contributed by atoms with E-state index in [9.17, 15) is 0 Å². The van der Waals surface area contributed by atoms with Crippen molar-refractivity contribution in [3.05, 3.63) is 47.1 Å². The average Bonchev–Trinajstić information content (AvgIpc) is 2.35. The number of anilines is 1. The molecular formula is C13H13ClN2O2. The van der Waals surface area contributed by atoms with Crippen LogP contribution in [0.1, 0.15) is 5.56 Å². The van der Waals surface area contributed by atoms with Crippen molar-refractivity contribution in [1.29, 1.82) is 0 Å². The minimum absolute atomic E-state index is 0.0594. The fourth-order valence-corrected chi connectivity index (χ4v) is 1.73. The number of ether oxygens (including phenoxy) is 1. The minimum Gasteiger partial charge on any atom is -0.437 e. The molecule has 2 aromatic rings. The highest BCUT2D eigenvalue weighted by Gasteiger charge is 2.08. The van der Waals surface area contributed by atoms with Gasteiger partial charge in [-0.05, 0) is 24.1 Å². The van der Waals surface area contributed by atoms with E-state index in [0.29, 0.717) is 28.8 Å². The van der Waals surface area contributed by atoms with Crippen molar-refractivity contribution in [2.45, 2.75) is 6.42 Å². The van der Waals surface area contributed by atoms with Gasteiger partial charge in [0, 0.05) is 12.8 Å². The maximum atomic E-state index is 8.99. The third kappa shape index (κ3) is 2.91. The number of aliphatic hydroxyl groups excluding tert-OH is 1. The van der Waals surface area contributed by atoms with Crippen LogP contribution < -0.4 is 10.5 Å². The maximum absolute atomic E-state index is 8.99. The highest BCUT2D eigenvalue weighted by Crippen LogP contribution is 2.29. The number of aliphatic hydroxyl groups is 1. The van der Waals surface area contributed by atoms with Gasteiger partial charge in [-0.2, -0.15) is 0 Å². The molecule has 0 unspecified atom stereocenters. The van der Waals surface area contributed by atoms with E-state index in [1.165, 1.54) is 6.20 Å². The molecule has 0 spiro atoms. The number of hydrogen-bond acceptors (Lipinski definition) is 4. The number of para-hydroxylation sites is 1. The summed E-state index contributed by atoms with van der Waals surface area (Å²) in [6.45, 7) is 0.0594. The highest BCUT2D eigenvalue weighted by atomic mass is 35.5. The SMILES string of the molecule is Nc1cc(Cl)cnc1Oc1ccccc1CCO. The number of nitrogens with two attached hydrogens (primary N) is 1. The Bertz CT molecular complexity index is 546. The number of nitrogen functional groups attached to an aromatic ring is 1. The highest BCUT2D eigenvalue weighted by molar-refractivity contribution is 6.30. The average molecular weight is 265 g/mol. The molecule has 0 radical (unpaired) electrons. The molecule has 1 heterocycles. The van der Waals surface area contributed by atoms with Crippen molar-refractivity contribution >= 4 is 17.3 Å². The summed E-state index contributed by atoms with van der Waals surface area (Å²) in [6, 6.07) is 9.01. The van der Waals surface area contributed by atoms with E-state index in [1.54, 1.807) is 12.1 Å². The van der Waals surface area contributed by atoms with Gasteiger partial charge >= 0.3 is 0 Å². The molecule has 2 rings (SSSR count).